The summed E-state index contributed by atoms with van der Waals surface area (Å²) in [6.45, 7) is 1.87. The highest BCUT2D eigenvalue weighted by atomic mass is 16.3. The maximum atomic E-state index is 10.3. The maximum Gasteiger partial charge on any atom is 0.0951 e. The summed E-state index contributed by atoms with van der Waals surface area (Å²) < 4.78 is 2.32. The van der Waals surface area contributed by atoms with Gasteiger partial charge in [-0.1, -0.05) is 18.2 Å². The molecule has 4 heteroatoms. The molecule has 4 nitrogen and oxygen atoms in total. The average molecular weight is 283 g/mol. The van der Waals surface area contributed by atoms with Crippen LogP contribution in [0.3, 0.4) is 0 Å². The van der Waals surface area contributed by atoms with Gasteiger partial charge in [-0.15, -0.1) is 0 Å². The van der Waals surface area contributed by atoms with Crippen molar-refractivity contribution in [3.8, 4) is 0 Å². The van der Waals surface area contributed by atoms with Gasteiger partial charge in [0.25, 0.3) is 0 Å². The van der Waals surface area contributed by atoms with E-state index >= 15 is 0 Å². The lowest BCUT2D eigenvalue weighted by Gasteiger charge is -2.25. The first-order valence-corrected chi connectivity index (χ1v) is 7.85. The second-order valence-corrected chi connectivity index (χ2v) is 6.16. The van der Waals surface area contributed by atoms with E-state index in [1.54, 1.807) is 0 Å². The summed E-state index contributed by atoms with van der Waals surface area (Å²) in [6.07, 6.45) is 8.04. The fourth-order valence-corrected chi connectivity index (χ4v) is 3.30. The fraction of sp³-hybridized carbons (Fsp3) is 0.471. The third kappa shape index (κ3) is 2.44. The topological polar surface area (TPSA) is 41.3 Å². The number of hydrogen-bond acceptors (Lipinski definition) is 3. The first kappa shape index (κ1) is 12.9. The van der Waals surface area contributed by atoms with Crippen LogP contribution in [0.4, 0.5) is 5.69 Å². The summed E-state index contributed by atoms with van der Waals surface area (Å²) in [5.74, 6) is 0. The fourth-order valence-electron chi connectivity index (χ4n) is 3.30. The van der Waals surface area contributed by atoms with Gasteiger partial charge in [-0.3, -0.25) is 0 Å². The number of rotatable bonds is 3. The Morgan fingerprint density at radius 3 is 2.90 bits per heavy atom. The molecule has 110 valence electrons. The van der Waals surface area contributed by atoms with Crippen LogP contribution in [-0.4, -0.2) is 21.2 Å². The SMILES string of the molecule is OC1CCCN(Cc2cncn2C2CC2)c2ccccc21. The van der Waals surface area contributed by atoms with Gasteiger partial charge in [-0.25, -0.2) is 4.98 Å². The highest BCUT2D eigenvalue weighted by molar-refractivity contribution is 5.55. The molecule has 1 saturated carbocycles. The van der Waals surface area contributed by atoms with Crippen molar-refractivity contribution < 1.29 is 5.11 Å². The molecule has 1 aliphatic carbocycles. The molecule has 2 aliphatic rings. The van der Waals surface area contributed by atoms with Crippen LogP contribution in [0.15, 0.2) is 36.8 Å². The number of para-hydroxylation sites is 1. The molecular weight excluding hydrogens is 262 g/mol. The monoisotopic (exact) mass is 283 g/mol. The number of aromatic nitrogens is 2. The maximum absolute atomic E-state index is 10.3. The van der Waals surface area contributed by atoms with Crippen molar-refractivity contribution in [2.24, 2.45) is 0 Å². The average Bonchev–Trinajstić information content (AvgIpc) is 3.27. The lowest BCUT2D eigenvalue weighted by atomic mass is 10.0. The van der Waals surface area contributed by atoms with E-state index < -0.39 is 0 Å². The highest BCUT2D eigenvalue weighted by Gasteiger charge is 2.27. The van der Waals surface area contributed by atoms with Crippen LogP contribution in [0.5, 0.6) is 0 Å². The Morgan fingerprint density at radius 1 is 1.19 bits per heavy atom. The molecule has 21 heavy (non-hydrogen) atoms. The Hall–Kier alpha value is -1.81. The van der Waals surface area contributed by atoms with Gasteiger partial charge < -0.3 is 14.6 Å². The summed E-state index contributed by atoms with van der Waals surface area (Å²) in [5, 5.41) is 10.3. The van der Waals surface area contributed by atoms with Crippen LogP contribution >= 0.6 is 0 Å². The molecular formula is C17H21N3O. The summed E-state index contributed by atoms with van der Waals surface area (Å²) in [4.78, 5) is 6.72. The van der Waals surface area contributed by atoms with Gasteiger partial charge in [0.1, 0.15) is 0 Å². The molecule has 2 aromatic rings. The first-order valence-electron chi connectivity index (χ1n) is 7.85. The second kappa shape index (κ2) is 5.19. The second-order valence-electron chi connectivity index (χ2n) is 6.16. The van der Waals surface area contributed by atoms with Gasteiger partial charge >= 0.3 is 0 Å². The number of fused-ring (bicyclic) bond motifs is 1. The van der Waals surface area contributed by atoms with Crippen LogP contribution in [0.1, 0.15) is 49.1 Å². The molecule has 1 fully saturated rings. The molecule has 0 radical (unpaired) electrons. The molecule has 4 rings (SSSR count). The van der Waals surface area contributed by atoms with Crippen molar-refractivity contribution in [1.82, 2.24) is 9.55 Å². The summed E-state index contributed by atoms with van der Waals surface area (Å²) in [7, 11) is 0. The van der Waals surface area contributed by atoms with E-state index in [2.05, 4.69) is 32.7 Å². The molecule has 0 spiro atoms. The zero-order valence-corrected chi connectivity index (χ0v) is 12.2. The molecule has 1 aromatic carbocycles. The van der Waals surface area contributed by atoms with Gasteiger partial charge in [-0.05, 0) is 31.7 Å². The lowest BCUT2D eigenvalue weighted by molar-refractivity contribution is 0.168. The number of nitrogens with zero attached hydrogens (tertiary/aromatic N) is 3. The molecule has 0 amide bonds. The Labute approximate surface area is 125 Å². The zero-order chi connectivity index (χ0) is 14.2. The Kier molecular flexibility index (Phi) is 3.19. The van der Waals surface area contributed by atoms with Crippen LogP contribution in [-0.2, 0) is 6.54 Å². The largest absolute Gasteiger partial charge is 0.388 e. The molecule has 1 aromatic heterocycles. The minimum atomic E-state index is -0.334. The van der Waals surface area contributed by atoms with Gasteiger partial charge in [0.15, 0.2) is 0 Å². The van der Waals surface area contributed by atoms with Gasteiger partial charge in [0.2, 0.25) is 0 Å². The normalized spacial score (nSPS) is 22.0. The van der Waals surface area contributed by atoms with Gasteiger partial charge in [-0.2, -0.15) is 0 Å². The van der Waals surface area contributed by atoms with E-state index in [9.17, 15) is 5.11 Å². The van der Waals surface area contributed by atoms with Crippen LogP contribution in [0, 0.1) is 0 Å². The highest BCUT2D eigenvalue weighted by Crippen LogP contribution is 2.37. The molecule has 0 saturated heterocycles. The first-order chi connectivity index (χ1) is 10.3. The standard InChI is InChI=1S/C17H21N3O/c21-17-6-3-9-19(16-5-2-1-4-15(16)17)11-14-10-18-12-20(14)13-7-8-13/h1-2,4-5,10,12-13,17,21H,3,6-9,11H2. The van der Waals surface area contributed by atoms with Crippen molar-refractivity contribution in [3.63, 3.8) is 0 Å². The minimum absolute atomic E-state index is 0.334. The van der Waals surface area contributed by atoms with Crippen molar-refractivity contribution in [2.75, 3.05) is 11.4 Å². The Morgan fingerprint density at radius 2 is 2.05 bits per heavy atom. The smallest absolute Gasteiger partial charge is 0.0951 e. The molecule has 1 aliphatic heterocycles. The third-order valence-corrected chi connectivity index (χ3v) is 4.58. The van der Waals surface area contributed by atoms with Crippen LogP contribution < -0.4 is 4.90 Å². The minimum Gasteiger partial charge on any atom is -0.388 e. The zero-order valence-electron chi connectivity index (χ0n) is 12.2. The quantitative estimate of drug-likeness (QED) is 0.941. The van der Waals surface area contributed by atoms with E-state index in [4.69, 9.17) is 0 Å². The predicted octanol–water partition coefficient (Wildman–Crippen LogP) is 3.05. The number of anilines is 1. The van der Waals surface area contributed by atoms with Crippen molar-refractivity contribution >= 4 is 5.69 Å². The van der Waals surface area contributed by atoms with Gasteiger partial charge in [0, 0.05) is 30.0 Å². The molecule has 1 N–H and O–H groups in total. The number of imidazole rings is 1. The Balaban J connectivity index is 1.65. The number of benzene rings is 1. The molecule has 1 atom stereocenters. The van der Waals surface area contributed by atoms with E-state index in [1.165, 1.54) is 24.2 Å². The van der Waals surface area contributed by atoms with Crippen molar-refractivity contribution in [1.29, 1.82) is 0 Å². The van der Waals surface area contributed by atoms with Crippen molar-refractivity contribution in [2.45, 2.75) is 44.4 Å². The van der Waals surface area contributed by atoms with E-state index in [1.807, 2.05) is 18.6 Å². The third-order valence-electron chi connectivity index (χ3n) is 4.58. The lowest BCUT2D eigenvalue weighted by Crippen LogP contribution is -2.25. The van der Waals surface area contributed by atoms with Crippen LogP contribution in [0.25, 0.3) is 0 Å². The summed E-state index contributed by atoms with van der Waals surface area (Å²) >= 11 is 0. The van der Waals surface area contributed by atoms with E-state index in [0.717, 1.165) is 31.5 Å². The summed E-state index contributed by atoms with van der Waals surface area (Å²) in [6, 6.07) is 8.91. The number of hydrogen-bond donors (Lipinski definition) is 1. The predicted molar refractivity (Wildman–Crippen MR) is 82.2 cm³/mol. The van der Waals surface area contributed by atoms with E-state index in [-0.39, 0.29) is 6.10 Å². The van der Waals surface area contributed by atoms with Crippen LogP contribution in [0.2, 0.25) is 0 Å². The van der Waals surface area contributed by atoms with E-state index in [0.29, 0.717) is 6.04 Å². The molecule has 0 bridgehead atoms. The van der Waals surface area contributed by atoms with Gasteiger partial charge in [0.05, 0.1) is 24.7 Å². The summed E-state index contributed by atoms with van der Waals surface area (Å²) in [5.41, 5.74) is 3.52. The Bertz CT molecular complexity index is 632. The van der Waals surface area contributed by atoms with Crippen molar-refractivity contribution in [3.05, 3.63) is 48.0 Å². The molecule has 2 heterocycles. The number of aliphatic hydroxyl groups excluding tert-OH is 1. The number of aliphatic hydroxyl groups is 1. The molecule has 1 unspecified atom stereocenters.